The summed E-state index contributed by atoms with van der Waals surface area (Å²) in [5, 5.41) is 12.7. The monoisotopic (exact) mass is 382 g/mol. The number of nitrogens with one attached hydrogen (secondary N) is 1. The topological polar surface area (TPSA) is 52.6 Å². The maximum Gasteiger partial charge on any atom is 0.256 e. The molecule has 144 valence electrons. The van der Waals surface area contributed by atoms with Crippen molar-refractivity contribution in [1.29, 1.82) is 0 Å². The van der Waals surface area contributed by atoms with Gasteiger partial charge in [-0.05, 0) is 65.6 Å². The first-order chi connectivity index (χ1) is 14.1. The molecule has 0 aromatic heterocycles. The summed E-state index contributed by atoms with van der Waals surface area (Å²) in [6.45, 7) is 1.83. The number of phenols is 1. The molecule has 5 rings (SSSR count). The van der Waals surface area contributed by atoms with Gasteiger partial charge >= 0.3 is 0 Å². The third kappa shape index (κ3) is 3.12. The smallest absolute Gasteiger partial charge is 0.256 e. The lowest BCUT2D eigenvalue weighted by Gasteiger charge is -2.29. The number of likely N-dealkylation sites (N-methyl/N-ethyl adjacent to an activating group) is 1. The van der Waals surface area contributed by atoms with E-state index in [1.807, 2.05) is 24.3 Å². The molecule has 0 bridgehead atoms. The van der Waals surface area contributed by atoms with E-state index < -0.39 is 0 Å². The Balaban J connectivity index is 1.72. The number of hydrogen-bond donors (Lipinski definition) is 2. The van der Waals surface area contributed by atoms with Crippen LogP contribution in [0.2, 0.25) is 0 Å². The van der Waals surface area contributed by atoms with Crippen LogP contribution in [0, 0.1) is 0 Å². The molecule has 0 fully saturated rings. The SMILES string of the molecule is CN1CCc2c(-c3ccccc3)cc3c(c2C1)NC(=O)C3=Cc1ccc(O)cc1. The van der Waals surface area contributed by atoms with Gasteiger partial charge in [-0.15, -0.1) is 0 Å². The van der Waals surface area contributed by atoms with Gasteiger partial charge in [0.1, 0.15) is 5.75 Å². The fraction of sp³-hybridized carbons (Fsp3) is 0.160. The van der Waals surface area contributed by atoms with Crippen molar-refractivity contribution in [2.45, 2.75) is 13.0 Å². The van der Waals surface area contributed by atoms with Crippen molar-refractivity contribution in [3.8, 4) is 16.9 Å². The molecule has 1 amide bonds. The number of rotatable bonds is 2. The highest BCUT2D eigenvalue weighted by Gasteiger charge is 2.31. The van der Waals surface area contributed by atoms with Crippen LogP contribution in [-0.4, -0.2) is 29.5 Å². The molecule has 4 nitrogen and oxygen atoms in total. The average Bonchev–Trinajstić information content (AvgIpc) is 3.05. The lowest BCUT2D eigenvalue weighted by atomic mass is 9.86. The first kappa shape index (κ1) is 17.7. The Morgan fingerprint density at radius 2 is 1.76 bits per heavy atom. The normalized spacial score (nSPS) is 17.1. The lowest BCUT2D eigenvalue weighted by molar-refractivity contribution is -0.110. The van der Waals surface area contributed by atoms with Crippen LogP contribution in [0.5, 0.6) is 5.75 Å². The van der Waals surface area contributed by atoms with E-state index in [9.17, 15) is 9.90 Å². The van der Waals surface area contributed by atoms with Crippen molar-refractivity contribution in [1.82, 2.24) is 4.90 Å². The molecule has 0 atom stereocenters. The van der Waals surface area contributed by atoms with Gasteiger partial charge in [-0.2, -0.15) is 0 Å². The second kappa shape index (κ2) is 6.90. The van der Waals surface area contributed by atoms with Crippen LogP contribution in [0.15, 0.2) is 60.7 Å². The molecule has 0 aliphatic carbocycles. The predicted octanol–water partition coefficient (Wildman–Crippen LogP) is 4.54. The largest absolute Gasteiger partial charge is 0.508 e. The minimum atomic E-state index is -0.0753. The summed E-state index contributed by atoms with van der Waals surface area (Å²) in [5.74, 6) is 0.139. The van der Waals surface area contributed by atoms with Gasteiger partial charge in [0, 0.05) is 24.2 Å². The minimum absolute atomic E-state index is 0.0753. The quantitative estimate of drug-likeness (QED) is 0.640. The Hall–Kier alpha value is -3.37. The van der Waals surface area contributed by atoms with Crippen LogP contribution >= 0.6 is 0 Å². The van der Waals surface area contributed by atoms with E-state index in [-0.39, 0.29) is 11.7 Å². The number of amides is 1. The highest BCUT2D eigenvalue weighted by atomic mass is 16.3. The van der Waals surface area contributed by atoms with E-state index in [0.29, 0.717) is 5.57 Å². The Labute approximate surface area is 170 Å². The zero-order valence-corrected chi connectivity index (χ0v) is 16.3. The van der Waals surface area contributed by atoms with Gasteiger partial charge < -0.3 is 15.3 Å². The molecule has 0 unspecified atom stereocenters. The van der Waals surface area contributed by atoms with E-state index in [1.165, 1.54) is 22.3 Å². The van der Waals surface area contributed by atoms with Crippen molar-refractivity contribution in [3.05, 3.63) is 82.9 Å². The van der Waals surface area contributed by atoms with Gasteiger partial charge in [0.25, 0.3) is 5.91 Å². The van der Waals surface area contributed by atoms with Crippen molar-refractivity contribution in [2.24, 2.45) is 0 Å². The number of benzene rings is 3. The van der Waals surface area contributed by atoms with Crippen molar-refractivity contribution in [2.75, 3.05) is 18.9 Å². The summed E-state index contributed by atoms with van der Waals surface area (Å²) in [4.78, 5) is 15.2. The zero-order valence-electron chi connectivity index (χ0n) is 16.3. The van der Waals surface area contributed by atoms with Gasteiger partial charge in [0.05, 0.1) is 5.69 Å². The van der Waals surface area contributed by atoms with E-state index in [2.05, 4.69) is 47.6 Å². The zero-order chi connectivity index (χ0) is 20.0. The van der Waals surface area contributed by atoms with Crippen LogP contribution in [-0.2, 0) is 17.8 Å². The molecule has 2 aliphatic heterocycles. The summed E-state index contributed by atoms with van der Waals surface area (Å²) in [7, 11) is 2.12. The summed E-state index contributed by atoms with van der Waals surface area (Å²) < 4.78 is 0. The number of anilines is 1. The fourth-order valence-electron chi connectivity index (χ4n) is 4.31. The summed E-state index contributed by atoms with van der Waals surface area (Å²) in [6, 6.07) is 19.5. The van der Waals surface area contributed by atoms with E-state index in [1.54, 1.807) is 12.1 Å². The maximum absolute atomic E-state index is 12.9. The number of carbonyl (C=O) groups excluding carboxylic acids is 1. The molecule has 2 N–H and O–H groups in total. The van der Waals surface area contributed by atoms with Gasteiger partial charge in [-0.3, -0.25) is 4.79 Å². The van der Waals surface area contributed by atoms with Gasteiger partial charge in [0.2, 0.25) is 0 Å². The molecule has 3 aromatic rings. The van der Waals surface area contributed by atoms with E-state index in [0.717, 1.165) is 36.3 Å². The Kier molecular flexibility index (Phi) is 4.22. The Morgan fingerprint density at radius 3 is 2.52 bits per heavy atom. The highest BCUT2D eigenvalue weighted by Crippen LogP contribution is 2.43. The third-order valence-corrected chi connectivity index (χ3v) is 5.78. The minimum Gasteiger partial charge on any atom is -0.508 e. The number of carbonyl (C=O) groups is 1. The number of phenolic OH excluding ortho intramolecular Hbond substituents is 1. The summed E-state index contributed by atoms with van der Waals surface area (Å²) in [6.07, 6.45) is 2.87. The molecule has 2 aliphatic rings. The number of aromatic hydroxyl groups is 1. The lowest BCUT2D eigenvalue weighted by Crippen LogP contribution is -2.27. The standard InChI is InChI=1S/C25H22N2O2/c1-27-12-11-19-20(17-5-3-2-4-6-17)14-21-22(13-16-7-9-18(28)10-8-16)25(29)26-24(21)23(19)15-27/h2-10,13-14,28H,11-12,15H2,1H3,(H,26,29). The van der Waals surface area contributed by atoms with Crippen LogP contribution in [0.4, 0.5) is 5.69 Å². The fourth-order valence-corrected chi connectivity index (χ4v) is 4.31. The van der Waals surface area contributed by atoms with E-state index >= 15 is 0 Å². The number of hydrogen-bond acceptors (Lipinski definition) is 3. The van der Waals surface area contributed by atoms with Crippen molar-refractivity contribution in [3.63, 3.8) is 0 Å². The Bertz CT molecular complexity index is 1130. The molecule has 29 heavy (non-hydrogen) atoms. The van der Waals surface area contributed by atoms with Crippen molar-refractivity contribution < 1.29 is 9.90 Å². The Morgan fingerprint density at radius 1 is 1.00 bits per heavy atom. The molecule has 3 aromatic carbocycles. The maximum atomic E-state index is 12.9. The molecule has 0 spiro atoms. The van der Waals surface area contributed by atoms with E-state index in [4.69, 9.17) is 0 Å². The number of fused-ring (bicyclic) bond motifs is 3. The molecular formula is C25H22N2O2. The van der Waals surface area contributed by atoms with Gasteiger partial charge in [-0.1, -0.05) is 42.5 Å². The molecule has 2 heterocycles. The third-order valence-electron chi connectivity index (χ3n) is 5.78. The molecule has 0 saturated carbocycles. The first-order valence-electron chi connectivity index (χ1n) is 9.85. The highest BCUT2D eigenvalue weighted by molar-refractivity contribution is 6.35. The van der Waals surface area contributed by atoms with Crippen LogP contribution in [0.1, 0.15) is 22.3 Å². The molecule has 0 saturated heterocycles. The summed E-state index contributed by atoms with van der Waals surface area (Å²) >= 11 is 0. The van der Waals surface area contributed by atoms with Crippen molar-refractivity contribution >= 4 is 23.2 Å². The number of nitrogens with zero attached hydrogens (tertiary/aromatic N) is 1. The van der Waals surface area contributed by atoms with Crippen LogP contribution < -0.4 is 5.32 Å². The van der Waals surface area contributed by atoms with Gasteiger partial charge in [0.15, 0.2) is 0 Å². The summed E-state index contributed by atoms with van der Waals surface area (Å²) in [5.41, 5.74) is 8.39. The molecular weight excluding hydrogens is 360 g/mol. The molecule has 4 heteroatoms. The average molecular weight is 382 g/mol. The first-order valence-corrected chi connectivity index (χ1v) is 9.85. The molecule has 0 radical (unpaired) electrons. The van der Waals surface area contributed by atoms with Crippen LogP contribution in [0.3, 0.4) is 0 Å². The predicted molar refractivity (Wildman–Crippen MR) is 117 cm³/mol. The second-order valence-electron chi connectivity index (χ2n) is 7.76. The second-order valence-corrected chi connectivity index (χ2v) is 7.76. The van der Waals surface area contributed by atoms with Gasteiger partial charge in [-0.25, -0.2) is 0 Å². The van der Waals surface area contributed by atoms with Crippen LogP contribution in [0.25, 0.3) is 22.8 Å².